The van der Waals surface area contributed by atoms with Crippen molar-refractivity contribution in [1.82, 2.24) is 0 Å². The molecule has 1 unspecified atom stereocenters. The Morgan fingerprint density at radius 3 is 0.815 bits per heavy atom. The molecule has 0 bridgehead atoms. The van der Waals surface area contributed by atoms with Gasteiger partial charge in [-0.3, -0.25) is 4.79 Å². The first-order valence-electron chi connectivity index (χ1n) is 19.3. The Labute approximate surface area is 343 Å². The normalized spacial score (nSPS) is 15.8. The molecule has 0 aliphatic heterocycles. The van der Waals surface area contributed by atoms with E-state index < -0.39 is 93.9 Å². The van der Waals surface area contributed by atoms with Crippen LogP contribution in [0.25, 0.3) is 0 Å². The minimum atomic E-state index is -2.75. The third kappa shape index (κ3) is 25.8. The standard InChI is InChI=1S/C30H82O13Si11/c1-26-29(2)30(31)32-27-28-33-45(6,7)35-47(10,11)37-49(14,15)39-51(18,19)41-53(22,23)43-54(24,25)42-52(20,21)40-50(16,17)38-48(12,13)36-46(8,9)34-44(3,4)5/h29H,26-28H2,1-25H3. The van der Waals surface area contributed by atoms with E-state index in [0.29, 0.717) is 0 Å². The van der Waals surface area contributed by atoms with Crippen molar-refractivity contribution in [2.45, 2.75) is 171 Å². The third-order valence-electron chi connectivity index (χ3n) is 6.77. The van der Waals surface area contributed by atoms with Crippen LogP contribution < -0.4 is 0 Å². The molecule has 0 radical (unpaired) electrons. The second kappa shape index (κ2) is 19.9. The monoisotopic (exact) mass is 958 g/mol. The van der Waals surface area contributed by atoms with Crippen LogP contribution in [0.5, 0.6) is 0 Å². The highest BCUT2D eigenvalue weighted by Gasteiger charge is 2.51. The molecular formula is C30H82O13Si11. The molecule has 0 heterocycles. The molecule has 0 saturated heterocycles. The van der Waals surface area contributed by atoms with Gasteiger partial charge in [-0.2, -0.15) is 0 Å². The minimum Gasteiger partial charge on any atom is -0.463 e. The molecule has 54 heavy (non-hydrogen) atoms. The van der Waals surface area contributed by atoms with Crippen LogP contribution in [0.15, 0.2) is 0 Å². The molecular weight excluding hydrogens is 877 g/mol. The summed E-state index contributed by atoms with van der Waals surface area (Å²) in [6, 6.07) is 0. The average Bonchev–Trinajstić information content (AvgIpc) is 2.76. The van der Waals surface area contributed by atoms with Gasteiger partial charge in [0.05, 0.1) is 12.5 Å². The first-order chi connectivity index (χ1) is 23.4. The van der Waals surface area contributed by atoms with Gasteiger partial charge in [-0.15, -0.1) is 0 Å². The predicted octanol–water partition coefficient (Wildman–Crippen LogP) is 9.61. The number of rotatable bonds is 26. The van der Waals surface area contributed by atoms with E-state index in [1.807, 2.05) is 92.4 Å². The lowest BCUT2D eigenvalue weighted by molar-refractivity contribution is -0.148. The van der Waals surface area contributed by atoms with Crippen molar-refractivity contribution < 1.29 is 55.1 Å². The largest absolute Gasteiger partial charge is 0.463 e. The van der Waals surface area contributed by atoms with Crippen molar-refractivity contribution in [3.05, 3.63) is 0 Å². The lowest BCUT2D eigenvalue weighted by atomic mass is 10.1. The van der Waals surface area contributed by atoms with Crippen LogP contribution in [0, 0.1) is 5.92 Å². The van der Waals surface area contributed by atoms with Crippen LogP contribution in [0.1, 0.15) is 20.3 Å². The molecule has 1 atom stereocenters. The van der Waals surface area contributed by atoms with Crippen LogP contribution >= 0.6 is 0 Å². The maximum atomic E-state index is 12.0. The summed E-state index contributed by atoms with van der Waals surface area (Å²) >= 11 is 0. The summed E-state index contributed by atoms with van der Waals surface area (Å²) < 4.78 is 78.3. The Hall–Kier alpha value is 1.42. The smallest absolute Gasteiger partial charge is 0.323 e. The topological polar surface area (TPSA) is 128 Å². The molecule has 0 aromatic rings. The summed E-state index contributed by atoms with van der Waals surface area (Å²) in [5.41, 5.74) is 0. The molecule has 0 N–H and O–H groups in total. The quantitative estimate of drug-likeness (QED) is 0.0464. The molecule has 0 saturated carbocycles. The predicted molar refractivity (Wildman–Crippen MR) is 245 cm³/mol. The van der Waals surface area contributed by atoms with E-state index in [1.54, 1.807) is 0 Å². The first-order valence-corrected chi connectivity index (χ1v) is 50.8. The maximum absolute atomic E-state index is 12.0. The van der Waals surface area contributed by atoms with Gasteiger partial charge in [0.25, 0.3) is 0 Å². The molecule has 0 spiro atoms. The molecule has 0 aromatic heterocycles. The minimum absolute atomic E-state index is 0.125. The van der Waals surface area contributed by atoms with Crippen LogP contribution in [0.3, 0.4) is 0 Å². The van der Waals surface area contributed by atoms with E-state index in [4.69, 9.17) is 50.3 Å². The van der Waals surface area contributed by atoms with Crippen molar-refractivity contribution in [1.29, 1.82) is 0 Å². The van der Waals surface area contributed by atoms with Gasteiger partial charge < -0.3 is 50.3 Å². The highest BCUT2D eigenvalue weighted by Crippen LogP contribution is 2.31. The highest BCUT2D eigenvalue weighted by atomic mass is 28.5. The molecule has 0 aliphatic rings. The Bertz CT molecular complexity index is 1190. The number of hydrogen-bond acceptors (Lipinski definition) is 13. The van der Waals surface area contributed by atoms with Crippen molar-refractivity contribution in [2.24, 2.45) is 5.92 Å². The van der Waals surface area contributed by atoms with E-state index in [2.05, 4.69) is 72.0 Å². The van der Waals surface area contributed by atoms with Crippen molar-refractivity contribution in [3.8, 4) is 0 Å². The summed E-state index contributed by atoms with van der Waals surface area (Å²) in [5.74, 6) is -0.332. The number of esters is 1. The molecule has 0 aromatic carbocycles. The fourth-order valence-corrected chi connectivity index (χ4v) is 61.2. The molecule has 24 heteroatoms. The molecule has 0 amide bonds. The fraction of sp³-hybridized carbons (Fsp3) is 0.967. The Balaban J connectivity index is 5.44. The van der Waals surface area contributed by atoms with E-state index in [0.717, 1.165) is 6.42 Å². The maximum Gasteiger partial charge on any atom is 0.323 e. The van der Waals surface area contributed by atoms with E-state index in [1.165, 1.54) is 0 Å². The Morgan fingerprint density at radius 2 is 0.593 bits per heavy atom. The number of ether oxygens (including phenoxy) is 1. The van der Waals surface area contributed by atoms with E-state index >= 15 is 0 Å². The SMILES string of the molecule is CCC(C)C(=O)OCCO[Si](C)(C)O[Si](C)(C)O[Si](C)(C)O[Si](C)(C)O[Si](C)(C)O[Si](C)(C)O[Si](C)(C)O[Si](C)(C)O[Si](C)(C)O[Si](C)(C)O[Si](C)(C)C. The van der Waals surface area contributed by atoms with Crippen LogP contribution in [-0.4, -0.2) is 113 Å². The molecule has 0 aliphatic carbocycles. The molecule has 13 nitrogen and oxygen atoms in total. The van der Waals surface area contributed by atoms with Crippen molar-refractivity contribution in [2.75, 3.05) is 13.2 Å². The van der Waals surface area contributed by atoms with Gasteiger partial charge in [-0.25, -0.2) is 0 Å². The average molecular weight is 960 g/mol. The summed E-state index contributed by atoms with van der Waals surface area (Å²) in [7, 11) is -28.3. The van der Waals surface area contributed by atoms with Gasteiger partial charge in [-0.05, 0) is 157 Å². The number of carbonyl (C=O) groups excluding carboxylic acids is 1. The first kappa shape index (κ1) is 55.4. The van der Waals surface area contributed by atoms with Crippen molar-refractivity contribution in [3.63, 3.8) is 0 Å². The van der Waals surface area contributed by atoms with Crippen LogP contribution in [-0.2, 0) is 55.1 Å². The van der Waals surface area contributed by atoms with Gasteiger partial charge in [0.15, 0.2) is 8.32 Å². The highest BCUT2D eigenvalue weighted by molar-refractivity contribution is 6.93. The second-order valence-corrected chi connectivity index (χ2v) is 60.1. The van der Waals surface area contributed by atoms with Crippen LogP contribution in [0.4, 0.5) is 0 Å². The number of hydrogen-bond donors (Lipinski definition) is 0. The summed E-state index contributed by atoms with van der Waals surface area (Å²) in [6.45, 7) is 51.7. The summed E-state index contributed by atoms with van der Waals surface area (Å²) in [4.78, 5) is 12.0. The lowest BCUT2D eigenvalue weighted by Gasteiger charge is -2.44. The Morgan fingerprint density at radius 1 is 0.370 bits per heavy atom. The summed E-state index contributed by atoms with van der Waals surface area (Å²) in [6.07, 6.45) is 0.742. The fourth-order valence-electron chi connectivity index (χ4n) is 7.02. The zero-order valence-corrected chi connectivity index (χ0v) is 50.0. The van der Waals surface area contributed by atoms with E-state index in [9.17, 15) is 4.79 Å². The zero-order valence-electron chi connectivity index (χ0n) is 39.0. The van der Waals surface area contributed by atoms with Crippen LogP contribution in [0.2, 0.25) is 151 Å². The third-order valence-corrected chi connectivity index (χ3v) is 47.5. The lowest BCUT2D eigenvalue weighted by Crippen LogP contribution is -2.62. The van der Waals surface area contributed by atoms with Gasteiger partial charge in [0.2, 0.25) is 0 Å². The molecule has 0 fully saturated rings. The van der Waals surface area contributed by atoms with Gasteiger partial charge in [0.1, 0.15) is 6.61 Å². The Kier molecular flexibility index (Phi) is 20.4. The zero-order chi connectivity index (χ0) is 43.3. The van der Waals surface area contributed by atoms with Crippen molar-refractivity contribution >= 4 is 99.9 Å². The van der Waals surface area contributed by atoms with Gasteiger partial charge >= 0.3 is 91.6 Å². The van der Waals surface area contributed by atoms with E-state index in [-0.39, 0.29) is 25.1 Å². The summed E-state index contributed by atoms with van der Waals surface area (Å²) in [5, 5.41) is 0. The molecule has 0 rings (SSSR count). The van der Waals surface area contributed by atoms with Gasteiger partial charge in [-0.1, -0.05) is 13.8 Å². The number of carbonyl (C=O) groups is 1. The second-order valence-electron chi connectivity index (χ2n) is 19.5. The van der Waals surface area contributed by atoms with Gasteiger partial charge in [0, 0.05) is 0 Å². The molecule has 324 valence electrons.